The van der Waals surface area contributed by atoms with Gasteiger partial charge in [-0.15, -0.1) is 0 Å². The Morgan fingerprint density at radius 3 is 2.59 bits per heavy atom. The zero-order valence-corrected chi connectivity index (χ0v) is 18.1. The zero-order chi connectivity index (χ0) is 25.0. The smallest absolute Gasteiger partial charge is 0.417 e. The second kappa shape index (κ2) is 8.06. The molecule has 0 radical (unpaired) electrons. The van der Waals surface area contributed by atoms with Gasteiger partial charge in [-0.25, -0.2) is 9.37 Å². The van der Waals surface area contributed by atoms with Crippen molar-refractivity contribution in [2.75, 3.05) is 7.11 Å². The Morgan fingerprint density at radius 2 is 1.97 bits per heavy atom. The number of pyridine rings is 2. The summed E-state index contributed by atoms with van der Waals surface area (Å²) in [5.74, 6) is -5.58. The van der Waals surface area contributed by atoms with Crippen LogP contribution in [0.25, 0.3) is 10.8 Å². The summed E-state index contributed by atoms with van der Waals surface area (Å²) in [6, 6.07) is 6.56. The molecule has 0 unspecified atom stereocenters. The van der Waals surface area contributed by atoms with E-state index in [4.69, 9.17) is 9.47 Å². The number of benzene rings is 1. The summed E-state index contributed by atoms with van der Waals surface area (Å²) in [7, 11) is 1.08. The average Bonchev–Trinajstić information content (AvgIpc) is 3.06. The number of nitriles is 1. The molecule has 11 heteroatoms. The molecule has 4 rings (SSSR count). The van der Waals surface area contributed by atoms with Crippen LogP contribution >= 0.6 is 0 Å². The van der Waals surface area contributed by atoms with Gasteiger partial charge >= 0.3 is 6.18 Å². The predicted molar refractivity (Wildman–Crippen MR) is 110 cm³/mol. The van der Waals surface area contributed by atoms with Crippen LogP contribution in [0.2, 0.25) is 0 Å². The maximum atomic E-state index is 14.5. The number of nitrogens with zero attached hydrogens (tertiary/aromatic N) is 2. The van der Waals surface area contributed by atoms with Crippen LogP contribution in [0.3, 0.4) is 0 Å². The lowest BCUT2D eigenvalue weighted by atomic mass is 9.76. The Balaban J connectivity index is 1.98. The monoisotopic (exact) mass is 479 g/mol. The topological polar surface area (TPSA) is 88.0 Å². The average molecular weight is 479 g/mol. The molecule has 2 aromatic heterocycles. The summed E-state index contributed by atoms with van der Waals surface area (Å²) in [6.45, 7) is 2.16. The molecule has 1 N–H and O–H groups in total. The molecule has 1 saturated heterocycles. The first-order valence-corrected chi connectivity index (χ1v) is 10.1. The van der Waals surface area contributed by atoms with Gasteiger partial charge in [-0.1, -0.05) is 13.0 Å². The highest BCUT2D eigenvalue weighted by Crippen LogP contribution is 2.59. The molecule has 34 heavy (non-hydrogen) atoms. The molecule has 1 fully saturated rings. The van der Waals surface area contributed by atoms with Crippen molar-refractivity contribution >= 4 is 10.8 Å². The van der Waals surface area contributed by atoms with Gasteiger partial charge in [0.2, 0.25) is 5.82 Å². The number of H-pyrrole nitrogens is 1. The SMILES string of the molecule is COc1c([C@H]2[C@H](c3cc4ccnc(C#N)c4c(=O)[nH]3)O[C@@](C)(C(F)(F)F)[C@H]2C)ccc(F)c1F. The number of halogens is 5. The molecular weight excluding hydrogens is 461 g/mol. The molecule has 6 nitrogen and oxygen atoms in total. The van der Waals surface area contributed by atoms with Crippen LogP contribution < -0.4 is 10.3 Å². The van der Waals surface area contributed by atoms with Crippen molar-refractivity contribution in [1.29, 1.82) is 5.26 Å². The summed E-state index contributed by atoms with van der Waals surface area (Å²) in [6.07, 6.45) is -4.94. The van der Waals surface area contributed by atoms with E-state index in [0.717, 1.165) is 26.2 Å². The van der Waals surface area contributed by atoms with Gasteiger partial charge in [0.25, 0.3) is 5.56 Å². The van der Waals surface area contributed by atoms with Gasteiger partial charge in [-0.3, -0.25) is 4.79 Å². The minimum Gasteiger partial charge on any atom is -0.493 e. The summed E-state index contributed by atoms with van der Waals surface area (Å²) in [4.78, 5) is 19.1. The first-order chi connectivity index (χ1) is 15.9. The number of alkyl halides is 3. The number of nitrogens with one attached hydrogen (secondary N) is 1. The molecule has 4 atom stereocenters. The normalized spacial score (nSPS) is 24.9. The number of ether oxygens (including phenoxy) is 2. The van der Waals surface area contributed by atoms with E-state index >= 15 is 0 Å². The summed E-state index contributed by atoms with van der Waals surface area (Å²) in [5.41, 5.74) is -3.64. The Morgan fingerprint density at radius 1 is 1.26 bits per heavy atom. The molecule has 1 aromatic carbocycles. The zero-order valence-electron chi connectivity index (χ0n) is 18.1. The first-order valence-electron chi connectivity index (χ1n) is 10.1. The Bertz CT molecular complexity index is 1380. The van der Waals surface area contributed by atoms with Crippen molar-refractivity contribution in [1.82, 2.24) is 9.97 Å². The number of fused-ring (bicyclic) bond motifs is 1. The van der Waals surface area contributed by atoms with E-state index in [1.807, 2.05) is 0 Å². The van der Waals surface area contributed by atoms with E-state index in [1.165, 1.54) is 25.3 Å². The van der Waals surface area contributed by atoms with Crippen LogP contribution in [0.5, 0.6) is 5.75 Å². The number of hydrogen-bond acceptors (Lipinski definition) is 5. The molecule has 1 aliphatic rings. The van der Waals surface area contributed by atoms with Gasteiger partial charge in [0, 0.05) is 29.3 Å². The molecule has 0 spiro atoms. The third-order valence-corrected chi connectivity index (χ3v) is 6.50. The third-order valence-electron chi connectivity index (χ3n) is 6.50. The first kappa shape index (κ1) is 23.6. The van der Waals surface area contributed by atoms with Crippen molar-refractivity contribution in [2.45, 2.75) is 37.6 Å². The second-order valence-electron chi connectivity index (χ2n) is 8.23. The van der Waals surface area contributed by atoms with E-state index in [9.17, 15) is 32.0 Å². The fourth-order valence-corrected chi connectivity index (χ4v) is 4.55. The van der Waals surface area contributed by atoms with Crippen LogP contribution in [-0.2, 0) is 4.74 Å². The molecule has 0 bridgehead atoms. The molecule has 0 aliphatic carbocycles. The van der Waals surface area contributed by atoms with Crippen LogP contribution in [0.15, 0.2) is 35.3 Å². The Labute approximate surface area is 189 Å². The van der Waals surface area contributed by atoms with E-state index in [-0.39, 0.29) is 27.7 Å². The van der Waals surface area contributed by atoms with Gasteiger partial charge in [-0.05, 0) is 30.5 Å². The Hall–Kier alpha value is -3.52. The maximum Gasteiger partial charge on any atom is 0.417 e. The summed E-state index contributed by atoms with van der Waals surface area (Å²) in [5, 5.41) is 9.47. The third kappa shape index (κ3) is 3.40. The highest BCUT2D eigenvalue weighted by Gasteiger charge is 2.65. The van der Waals surface area contributed by atoms with Crippen LogP contribution in [0, 0.1) is 28.9 Å². The van der Waals surface area contributed by atoms with Gasteiger partial charge in [0.15, 0.2) is 22.9 Å². The number of hydrogen-bond donors (Lipinski definition) is 1. The quantitative estimate of drug-likeness (QED) is 0.541. The number of aromatic amines is 1. The minimum atomic E-state index is -4.82. The van der Waals surface area contributed by atoms with Crippen molar-refractivity contribution in [3.63, 3.8) is 0 Å². The fourth-order valence-electron chi connectivity index (χ4n) is 4.55. The molecule has 3 heterocycles. The minimum absolute atomic E-state index is 0.0239. The molecular formula is C23H18F5N3O3. The van der Waals surface area contributed by atoms with Crippen molar-refractivity contribution in [2.24, 2.45) is 5.92 Å². The number of aromatic nitrogens is 2. The highest BCUT2D eigenvalue weighted by atomic mass is 19.4. The van der Waals surface area contributed by atoms with Crippen LogP contribution in [0.4, 0.5) is 22.0 Å². The molecule has 1 aliphatic heterocycles. The summed E-state index contributed by atoms with van der Waals surface area (Å²) >= 11 is 0. The number of methoxy groups -OCH3 is 1. The lowest BCUT2D eigenvalue weighted by Gasteiger charge is -2.32. The van der Waals surface area contributed by atoms with Gasteiger partial charge in [0.1, 0.15) is 12.2 Å². The van der Waals surface area contributed by atoms with Crippen LogP contribution in [-0.4, -0.2) is 28.9 Å². The lowest BCUT2D eigenvalue weighted by molar-refractivity contribution is -0.275. The van der Waals surface area contributed by atoms with Crippen LogP contribution in [0.1, 0.15) is 42.8 Å². The summed E-state index contributed by atoms with van der Waals surface area (Å²) < 4.78 is 81.3. The van der Waals surface area contributed by atoms with Crippen molar-refractivity contribution < 1.29 is 31.4 Å². The standard InChI is InChI=1S/C23H18F5N3O3/c1-10-16(12-4-5-13(24)18(25)19(12)33-3)20(34-22(10,2)23(26,27)28)14-8-11-6-7-30-15(9-29)17(11)21(32)31-14/h4-8,10,16,20H,1-3H3,(H,31,32)/t10-,16-,20-,22+/m0/s1. The van der Waals surface area contributed by atoms with E-state index in [1.54, 1.807) is 6.07 Å². The van der Waals surface area contributed by atoms with Crippen molar-refractivity contribution in [3.8, 4) is 11.8 Å². The lowest BCUT2D eigenvalue weighted by Crippen LogP contribution is -2.46. The number of rotatable bonds is 3. The maximum absolute atomic E-state index is 14.5. The van der Waals surface area contributed by atoms with E-state index < -0.39 is 52.7 Å². The molecule has 3 aromatic rings. The Kier molecular flexibility index (Phi) is 5.60. The van der Waals surface area contributed by atoms with E-state index in [2.05, 4.69) is 9.97 Å². The van der Waals surface area contributed by atoms with Gasteiger partial charge < -0.3 is 14.5 Å². The van der Waals surface area contributed by atoms with Gasteiger partial charge in [-0.2, -0.15) is 22.8 Å². The van der Waals surface area contributed by atoms with Crippen molar-refractivity contribution in [3.05, 3.63) is 69.4 Å². The second-order valence-corrected chi connectivity index (χ2v) is 8.23. The molecule has 178 valence electrons. The highest BCUT2D eigenvalue weighted by molar-refractivity contribution is 5.85. The largest absolute Gasteiger partial charge is 0.493 e. The molecule has 0 saturated carbocycles. The fraction of sp³-hybridized carbons (Fsp3) is 0.348. The van der Waals surface area contributed by atoms with E-state index in [0.29, 0.717) is 0 Å². The predicted octanol–water partition coefficient (Wildman–Crippen LogP) is 4.89. The van der Waals surface area contributed by atoms with Gasteiger partial charge in [0.05, 0.1) is 12.5 Å². The molecule has 0 amide bonds.